The van der Waals surface area contributed by atoms with E-state index in [1.807, 2.05) is 24.3 Å². The minimum absolute atomic E-state index is 0.0290. The first-order chi connectivity index (χ1) is 17.0. The third kappa shape index (κ3) is 5.58. The van der Waals surface area contributed by atoms with Crippen LogP contribution in [0.5, 0.6) is 0 Å². The summed E-state index contributed by atoms with van der Waals surface area (Å²) in [4.78, 5) is 35.6. The lowest BCUT2D eigenvalue weighted by molar-refractivity contribution is -0.141. The number of carbonyl (C=O) groups excluding carboxylic acids is 2. The van der Waals surface area contributed by atoms with E-state index in [1.165, 1.54) is 6.08 Å². The van der Waals surface area contributed by atoms with E-state index in [9.17, 15) is 14.4 Å². The van der Waals surface area contributed by atoms with Crippen LogP contribution in [0.1, 0.15) is 36.0 Å². The van der Waals surface area contributed by atoms with Gasteiger partial charge in [0.2, 0.25) is 5.91 Å². The van der Waals surface area contributed by atoms with Crippen LogP contribution in [0.2, 0.25) is 0 Å². The maximum Gasteiger partial charge on any atom is 0.411 e. The van der Waals surface area contributed by atoms with Gasteiger partial charge in [-0.3, -0.25) is 10.1 Å². The van der Waals surface area contributed by atoms with Gasteiger partial charge in [-0.15, -0.1) is 0 Å². The van der Waals surface area contributed by atoms with E-state index in [0.717, 1.165) is 22.3 Å². The van der Waals surface area contributed by atoms with E-state index in [4.69, 9.17) is 9.84 Å². The Morgan fingerprint density at radius 2 is 1.63 bits per heavy atom. The number of hydrogen-bond donors (Lipinski definition) is 3. The van der Waals surface area contributed by atoms with Gasteiger partial charge in [0.25, 0.3) is 0 Å². The summed E-state index contributed by atoms with van der Waals surface area (Å²) >= 11 is 0. The van der Waals surface area contributed by atoms with Gasteiger partial charge in [-0.2, -0.15) is 0 Å². The molecule has 0 radical (unpaired) electrons. The van der Waals surface area contributed by atoms with Crippen LogP contribution >= 0.6 is 0 Å². The second-order valence-corrected chi connectivity index (χ2v) is 8.22. The topological polar surface area (TPSA) is 105 Å². The van der Waals surface area contributed by atoms with Gasteiger partial charge in [0, 0.05) is 17.7 Å². The van der Waals surface area contributed by atoms with Gasteiger partial charge in [-0.25, -0.2) is 9.59 Å². The number of anilines is 1. The third-order valence-electron chi connectivity index (χ3n) is 5.93. The standard InChI is InChI=1S/C28H26N2O5/c1-2-25(27(32)33)30-26(31)15-14-18-8-7-9-19(16-18)29-28(34)35-17-24-22-12-5-3-10-20(22)21-11-4-6-13-23(21)24/h3-16,24-25H,2,17H2,1H3,(H,29,34)(H,30,31)(H,32,33)/b15-14+/t25-/m0/s1. The first-order valence-corrected chi connectivity index (χ1v) is 11.4. The van der Waals surface area contributed by atoms with Gasteiger partial charge in [0.1, 0.15) is 12.6 Å². The molecule has 1 aliphatic rings. The lowest BCUT2D eigenvalue weighted by Gasteiger charge is -2.14. The molecular formula is C28H26N2O5. The van der Waals surface area contributed by atoms with Crippen molar-refractivity contribution in [3.8, 4) is 11.1 Å². The molecule has 0 bridgehead atoms. The molecule has 0 saturated heterocycles. The molecule has 1 aliphatic carbocycles. The molecule has 0 spiro atoms. The minimum atomic E-state index is -1.08. The molecule has 3 aromatic carbocycles. The van der Waals surface area contributed by atoms with Gasteiger partial charge in [0.15, 0.2) is 0 Å². The number of carboxylic acid groups (broad SMARTS) is 1. The van der Waals surface area contributed by atoms with E-state index in [2.05, 4.69) is 34.9 Å². The number of fused-ring (bicyclic) bond motifs is 3. The predicted molar refractivity (Wildman–Crippen MR) is 134 cm³/mol. The van der Waals surface area contributed by atoms with Crippen LogP contribution < -0.4 is 10.6 Å². The number of ether oxygens (including phenoxy) is 1. The number of aliphatic carboxylic acids is 1. The van der Waals surface area contributed by atoms with E-state index in [1.54, 1.807) is 37.3 Å². The Kier molecular flexibility index (Phi) is 7.26. The molecule has 35 heavy (non-hydrogen) atoms. The van der Waals surface area contributed by atoms with Crippen LogP contribution in [0.25, 0.3) is 17.2 Å². The van der Waals surface area contributed by atoms with Crippen LogP contribution in [0.15, 0.2) is 78.9 Å². The van der Waals surface area contributed by atoms with Gasteiger partial charge >= 0.3 is 12.1 Å². The third-order valence-corrected chi connectivity index (χ3v) is 5.93. The zero-order valence-electron chi connectivity index (χ0n) is 19.2. The fourth-order valence-corrected chi connectivity index (χ4v) is 4.20. The molecule has 1 atom stereocenters. The van der Waals surface area contributed by atoms with Crippen LogP contribution in [0.4, 0.5) is 10.5 Å². The molecular weight excluding hydrogens is 444 g/mol. The van der Waals surface area contributed by atoms with Crippen molar-refractivity contribution in [1.82, 2.24) is 5.32 Å². The molecule has 0 unspecified atom stereocenters. The second kappa shape index (κ2) is 10.7. The number of benzene rings is 3. The highest BCUT2D eigenvalue weighted by Crippen LogP contribution is 2.44. The Bertz CT molecular complexity index is 1240. The Morgan fingerprint density at radius 3 is 2.26 bits per heavy atom. The van der Waals surface area contributed by atoms with Crippen LogP contribution in [0.3, 0.4) is 0 Å². The molecule has 0 aliphatic heterocycles. The lowest BCUT2D eigenvalue weighted by Crippen LogP contribution is -2.39. The Morgan fingerprint density at radius 1 is 0.971 bits per heavy atom. The summed E-state index contributed by atoms with van der Waals surface area (Å²) in [6.07, 6.45) is 2.53. The van der Waals surface area contributed by atoms with Crippen molar-refractivity contribution in [3.05, 3.63) is 95.6 Å². The zero-order chi connectivity index (χ0) is 24.8. The van der Waals surface area contributed by atoms with Crippen molar-refractivity contribution < 1.29 is 24.2 Å². The fraction of sp³-hybridized carbons (Fsp3) is 0.179. The molecule has 3 aromatic rings. The van der Waals surface area contributed by atoms with Crippen LogP contribution in [-0.4, -0.2) is 35.7 Å². The summed E-state index contributed by atoms with van der Waals surface area (Å²) < 4.78 is 5.57. The quantitative estimate of drug-likeness (QED) is 0.400. The Balaban J connectivity index is 1.36. The van der Waals surface area contributed by atoms with Crippen molar-refractivity contribution in [2.45, 2.75) is 25.3 Å². The maximum absolute atomic E-state index is 12.5. The summed E-state index contributed by atoms with van der Waals surface area (Å²) in [5.74, 6) is -1.61. The zero-order valence-corrected chi connectivity index (χ0v) is 19.2. The summed E-state index contributed by atoms with van der Waals surface area (Å²) in [6, 6.07) is 22.3. The molecule has 0 saturated carbocycles. The normalized spacial score (nSPS) is 13.1. The number of carboxylic acids is 1. The Hall–Kier alpha value is -4.39. The average Bonchev–Trinajstić information content (AvgIpc) is 3.18. The highest BCUT2D eigenvalue weighted by atomic mass is 16.5. The summed E-state index contributed by atoms with van der Waals surface area (Å²) in [5.41, 5.74) is 5.78. The van der Waals surface area contributed by atoms with E-state index in [0.29, 0.717) is 11.3 Å². The number of rotatable bonds is 8. The van der Waals surface area contributed by atoms with E-state index >= 15 is 0 Å². The van der Waals surface area contributed by atoms with Crippen molar-refractivity contribution >= 4 is 29.7 Å². The average molecular weight is 471 g/mol. The smallest absolute Gasteiger partial charge is 0.411 e. The summed E-state index contributed by atoms with van der Waals surface area (Å²) in [6.45, 7) is 1.89. The van der Waals surface area contributed by atoms with Gasteiger partial charge in [0.05, 0.1) is 0 Å². The number of hydrogen-bond acceptors (Lipinski definition) is 4. The fourth-order valence-electron chi connectivity index (χ4n) is 4.20. The molecule has 0 aromatic heterocycles. The largest absolute Gasteiger partial charge is 0.480 e. The number of nitrogens with one attached hydrogen (secondary N) is 2. The molecule has 178 valence electrons. The molecule has 7 nitrogen and oxygen atoms in total. The lowest BCUT2D eigenvalue weighted by atomic mass is 9.98. The van der Waals surface area contributed by atoms with E-state index in [-0.39, 0.29) is 18.9 Å². The highest BCUT2D eigenvalue weighted by molar-refractivity contribution is 5.94. The minimum Gasteiger partial charge on any atom is -0.480 e. The molecule has 0 fully saturated rings. The van der Waals surface area contributed by atoms with E-state index < -0.39 is 24.0 Å². The highest BCUT2D eigenvalue weighted by Gasteiger charge is 2.29. The van der Waals surface area contributed by atoms with Crippen molar-refractivity contribution in [2.75, 3.05) is 11.9 Å². The second-order valence-electron chi connectivity index (χ2n) is 8.22. The van der Waals surface area contributed by atoms with Gasteiger partial charge < -0.3 is 15.2 Å². The molecule has 4 rings (SSSR count). The Labute approximate surface area is 203 Å². The summed E-state index contributed by atoms with van der Waals surface area (Å²) in [7, 11) is 0. The van der Waals surface area contributed by atoms with Crippen molar-refractivity contribution in [1.29, 1.82) is 0 Å². The van der Waals surface area contributed by atoms with Gasteiger partial charge in [-0.1, -0.05) is 67.6 Å². The summed E-state index contributed by atoms with van der Waals surface area (Å²) in [5, 5.41) is 14.2. The van der Waals surface area contributed by atoms with Crippen molar-refractivity contribution in [3.63, 3.8) is 0 Å². The maximum atomic E-state index is 12.5. The first-order valence-electron chi connectivity index (χ1n) is 11.4. The molecule has 0 heterocycles. The number of amides is 2. The molecule has 3 N–H and O–H groups in total. The monoisotopic (exact) mass is 470 g/mol. The SMILES string of the molecule is CC[C@H](NC(=O)/C=C/c1cccc(NC(=O)OCC2c3ccccc3-c3ccccc32)c1)C(=O)O. The molecule has 7 heteroatoms. The van der Waals surface area contributed by atoms with Gasteiger partial charge in [-0.05, 0) is 52.4 Å². The van der Waals surface area contributed by atoms with Crippen LogP contribution in [0, 0.1) is 0 Å². The predicted octanol–water partition coefficient (Wildman–Crippen LogP) is 5.04. The molecule has 2 amide bonds. The number of carbonyl (C=O) groups is 3. The van der Waals surface area contributed by atoms with Crippen molar-refractivity contribution in [2.24, 2.45) is 0 Å². The van der Waals surface area contributed by atoms with Crippen LogP contribution in [-0.2, 0) is 14.3 Å². The first kappa shape index (κ1) is 23.8.